The number of carbonyl (C=O) groups is 11. The Balaban J connectivity index is 2.15. The van der Waals surface area contributed by atoms with Crippen LogP contribution in [0.3, 0.4) is 0 Å². The van der Waals surface area contributed by atoms with E-state index in [1.165, 1.54) is 0 Å². The van der Waals surface area contributed by atoms with E-state index in [2.05, 4.69) is 58.2 Å². The van der Waals surface area contributed by atoms with Crippen LogP contribution in [-0.4, -0.2) is 168 Å². The van der Waals surface area contributed by atoms with E-state index in [4.69, 9.17) is 11.5 Å². The van der Waals surface area contributed by atoms with Gasteiger partial charge >= 0.3 is 5.97 Å². The summed E-state index contributed by atoms with van der Waals surface area (Å²) in [5, 5.41) is 35.5. The van der Waals surface area contributed by atoms with Gasteiger partial charge in [-0.15, -0.1) is 11.8 Å². The van der Waals surface area contributed by atoms with Crippen LogP contribution in [0.1, 0.15) is 64.4 Å². The number of fused-ring (bicyclic) bond motifs is 5. The van der Waals surface area contributed by atoms with Gasteiger partial charge in [-0.25, -0.2) is 0 Å². The molecule has 25 nitrogen and oxygen atoms in total. The normalized spacial score (nSPS) is 23.7. The topological polar surface area (TPSA) is 393 Å². The number of aliphatic imine (C=N–C) groups is 1. The molecule has 0 aromatic heterocycles. The van der Waals surface area contributed by atoms with Crippen molar-refractivity contribution in [2.75, 3.05) is 49.2 Å². The molecule has 2 heterocycles. The van der Waals surface area contributed by atoms with E-state index in [0.29, 0.717) is 18.4 Å². The molecule has 2 aliphatic rings. The molecule has 0 saturated carbocycles. The van der Waals surface area contributed by atoms with Crippen molar-refractivity contribution >= 4 is 104 Å². The largest absolute Gasteiger partial charge is 0.481 e. The third-order valence-corrected chi connectivity index (χ3v) is 13.9. The first-order valence-electron chi connectivity index (χ1n) is 23.0. The van der Waals surface area contributed by atoms with Crippen LogP contribution in [0.2, 0.25) is 0 Å². The van der Waals surface area contributed by atoms with Crippen LogP contribution < -0.4 is 64.6 Å². The smallest absolute Gasteiger partial charge is 0.305 e. The Kier molecular flexibility index (Phi) is 26.5. The lowest BCUT2D eigenvalue weighted by molar-refractivity contribution is -0.141. The molecular formula is C43H65N13O12S3. The molecule has 0 spiro atoms. The van der Waals surface area contributed by atoms with E-state index in [-0.39, 0.29) is 86.6 Å². The summed E-state index contributed by atoms with van der Waals surface area (Å²) in [5.41, 5.74) is 11.5. The van der Waals surface area contributed by atoms with Gasteiger partial charge < -0.3 is 69.7 Å². The van der Waals surface area contributed by atoms with E-state index >= 15 is 0 Å². The van der Waals surface area contributed by atoms with Crippen LogP contribution >= 0.6 is 33.3 Å². The predicted octanol–water partition coefficient (Wildman–Crippen LogP) is -3.76. The number of guanidine groups is 1. The number of thioether (sulfide) groups is 1. The number of rotatable bonds is 16. The third kappa shape index (κ3) is 22.6. The number of carbonyl (C=O) groups excluding carboxylic acids is 10. The highest BCUT2D eigenvalue weighted by Gasteiger charge is 2.35. The highest BCUT2D eigenvalue weighted by atomic mass is 33.1. The van der Waals surface area contributed by atoms with Crippen molar-refractivity contribution in [3.8, 4) is 0 Å². The molecule has 0 aliphatic carbocycles. The fraction of sp³-hybridized carbons (Fsp3) is 0.581. The third-order valence-electron chi connectivity index (χ3n) is 10.5. The van der Waals surface area contributed by atoms with Crippen molar-refractivity contribution in [3.63, 3.8) is 0 Å². The lowest BCUT2D eigenvalue weighted by Crippen LogP contribution is -2.60. The number of carboxylic acid groups (broad SMARTS) is 1. The minimum Gasteiger partial charge on any atom is -0.481 e. The average molecular weight is 1050 g/mol. The molecule has 71 heavy (non-hydrogen) atoms. The van der Waals surface area contributed by atoms with Gasteiger partial charge in [0.25, 0.3) is 0 Å². The van der Waals surface area contributed by atoms with Crippen molar-refractivity contribution in [1.82, 2.24) is 53.2 Å². The van der Waals surface area contributed by atoms with Crippen LogP contribution in [-0.2, 0) is 59.2 Å². The maximum Gasteiger partial charge on any atom is 0.305 e. The van der Waals surface area contributed by atoms with E-state index in [9.17, 15) is 57.8 Å². The molecule has 15 N–H and O–H groups in total. The van der Waals surface area contributed by atoms with Gasteiger partial charge in [0.2, 0.25) is 59.1 Å². The molecule has 0 radical (unpaired) electrons. The average Bonchev–Trinajstić information content (AvgIpc) is 3.32. The molecule has 1 aromatic carbocycles. The first kappa shape index (κ1) is 59.0. The number of benzene rings is 1. The molecule has 3 rings (SSSR count). The van der Waals surface area contributed by atoms with E-state index in [0.717, 1.165) is 33.3 Å². The zero-order chi connectivity index (χ0) is 52.3. The second kappa shape index (κ2) is 31.8. The zero-order valence-electron chi connectivity index (χ0n) is 39.5. The Morgan fingerprint density at radius 3 is 1.89 bits per heavy atom. The molecule has 28 heteroatoms. The van der Waals surface area contributed by atoms with Gasteiger partial charge in [-0.2, -0.15) is 0 Å². The second-order valence-corrected chi connectivity index (χ2v) is 19.8. The van der Waals surface area contributed by atoms with Crippen LogP contribution in [0.25, 0.3) is 0 Å². The van der Waals surface area contributed by atoms with Crippen molar-refractivity contribution in [1.29, 1.82) is 0 Å². The second-order valence-electron chi connectivity index (χ2n) is 16.2. The van der Waals surface area contributed by atoms with Crippen LogP contribution in [0.4, 0.5) is 0 Å². The molecule has 10 amide bonds. The summed E-state index contributed by atoms with van der Waals surface area (Å²) in [6.45, 7) is 3.08. The number of carboxylic acids is 1. The van der Waals surface area contributed by atoms with Gasteiger partial charge in [-0.3, -0.25) is 57.7 Å². The van der Waals surface area contributed by atoms with Gasteiger partial charge in [-0.05, 0) is 44.6 Å². The van der Waals surface area contributed by atoms with Gasteiger partial charge in [0.05, 0.1) is 18.7 Å². The summed E-state index contributed by atoms with van der Waals surface area (Å²) in [6.07, 6.45) is 0.111. The number of nitrogens with zero attached hydrogens (tertiary/aromatic N) is 1. The van der Waals surface area contributed by atoms with E-state index in [1.807, 2.05) is 0 Å². The Morgan fingerprint density at radius 2 is 1.27 bits per heavy atom. The number of unbranched alkanes of at least 4 members (excludes halogenated alkanes) is 1. The van der Waals surface area contributed by atoms with E-state index in [1.54, 1.807) is 44.2 Å². The van der Waals surface area contributed by atoms with Crippen LogP contribution in [0, 0.1) is 0 Å². The first-order chi connectivity index (χ1) is 33.9. The van der Waals surface area contributed by atoms with E-state index < -0.39 is 114 Å². The van der Waals surface area contributed by atoms with Gasteiger partial charge in [0.15, 0.2) is 5.96 Å². The Morgan fingerprint density at radius 1 is 0.676 bits per heavy atom. The quantitative estimate of drug-likeness (QED) is 0.0327. The minimum atomic E-state index is -1.77. The summed E-state index contributed by atoms with van der Waals surface area (Å²) in [6, 6.07) is -1.34. The molecular weight excluding hydrogens is 987 g/mol. The summed E-state index contributed by atoms with van der Waals surface area (Å²) < 4.78 is 0. The van der Waals surface area contributed by atoms with Crippen molar-refractivity contribution in [3.05, 3.63) is 35.9 Å². The van der Waals surface area contributed by atoms with Crippen molar-refractivity contribution in [2.45, 2.75) is 108 Å². The van der Waals surface area contributed by atoms with Crippen molar-refractivity contribution < 1.29 is 57.8 Å². The van der Waals surface area contributed by atoms with Crippen LogP contribution in [0.5, 0.6) is 0 Å². The molecule has 7 atom stereocenters. The summed E-state index contributed by atoms with van der Waals surface area (Å²) in [5.74, 6) is -10.4. The number of aliphatic carboxylic acids is 1. The number of hydrogen-bond acceptors (Lipinski definition) is 15. The Bertz CT molecular complexity index is 2070. The molecule has 0 unspecified atom stereocenters. The number of hydrogen-bond donors (Lipinski definition) is 13. The minimum absolute atomic E-state index is 0.0436. The van der Waals surface area contributed by atoms with Gasteiger partial charge in [0, 0.05) is 49.7 Å². The monoisotopic (exact) mass is 1050 g/mol. The highest BCUT2D eigenvalue weighted by molar-refractivity contribution is 8.76. The number of likely N-dealkylation sites (N-methyl/N-ethyl adjacent to an activating group) is 1. The fourth-order valence-corrected chi connectivity index (χ4v) is 9.98. The number of nitrogens with two attached hydrogens (primary N) is 2. The SMILES string of the molecule is CCNC(=O)[C@@H]1CSCC(=O)N[C@@H](CCCCNC(=O)CC)C(=O)N[C@H]2CSSC[C@H](NC(=O)[C@H](CC(=O)O)NC(=O)CNC(=O)[C@H](CCCN=C(N)N)NC2=O)C(=O)N[C@@H](Cc2ccccc2)C(=O)N1. The molecule has 2 fully saturated rings. The van der Waals surface area contributed by atoms with Gasteiger partial charge in [0.1, 0.15) is 42.3 Å². The molecule has 392 valence electrons. The summed E-state index contributed by atoms with van der Waals surface area (Å²) in [7, 11) is 1.91. The Hall–Kier alpha value is -6.29. The fourth-order valence-electron chi connectivity index (χ4n) is 6.79. The number of nitrogens with one attached hydrogen (secondary N) is 10. The summed E-state index contributed by atoms with van der Waals surface area (Å²) >= 11 is 0.966. The van der Waals surface area contributed by atoms with Crippen molar-refractivity contribution in [2.24, 2.45) is 16.5 Å². The lowest BCUT2D eigenvalue weighted by atomic mass is 10.0. The molecule has 1 aromatic rings. The molecule has 2 aliphatic heterocycles. The summed E-state index contributed by atoms with van der Waals surface area (Å²) in [4.78, 5) is 152. The number of amides is 10. The van der Waals surface area contributed by atoms with Gasteiger partial charge in [-0.1, -0.05) is 58.8 Å². The molecule has 2 saturated heterocycles. The molecule has 2 bridgehead atoms. The standard InChI is InChI=1S/C43H65N13O12S3/c1-3-32(57)47-15-9-8-13-26-38(64)55-30-21-70-71-22-31(56-40(66)28(18-35(60)61)51-33(58)19-49-36(62)25(52-41(30)67)14-10-16-48-43(44)45)42(68)53-27(17-24-11-6-5-7-12-24)39(65)54-29(37(63)46-4-2)20-69-23-34(59)50-26/h5-7,11-12,25-31H,3-4,8-10,13-23H2,1-2H3,(H,46,63)(H,47,57)(H,49,62)(H,50,59)(H,51,58)(H,52,67)(H,53,68)(H,54,65)(H,55,64)(H,56,66)(H,60,61)(H4,44,45,48)/t25-,26-,27-,28-,29-,30-,31-/m0/s1. The first-order valence-corrected chi connectivity index (χ1v) is 26.6. The maximum absolute atomic E-state index is 14.3. The highest BCUT2D eigenvalue weighted by Crippen LogP contribution is 2.24. The Labute approximate surface area is 422 Å². The zero-order valence-corrected chi connectivity index (χ0v) is 42.0. The lowest BCUT2D eigenvalue weighted by Gasteiger charge is -2.27. The maximum atomic E-state index is 14.3. The predicted molar refractivity (Wildman–Crippen MR) is 267 cm³/mol. The van der Waals surface area contributed by atoms with Crippen LogP contribution in [0.15, 0.2) is 35.3 Å².